The van der Waals surface area contributed by atoms with Crippen molar-refractivity contribution in [2.24, 2.45) is 0 Å². The number of benzene rings is 1. The Morgan fingerprint density at radius 2 is 2.25 bits per heavy atom. The molecule has 8 heavy (non-hydrogen) atoms. The second kappa shape index (κ2) is 4.13. The van der Waals surface area contributed by atoms with Gasteiger partial charge in [-0.2, -0.15) is 0 Å². The first-order valence-electron chi connectivity index (χ1n) is 2.32. The molecule has 0 heterocycles. The van der Waals surface area contributed by atoms with E-state index in [0.717, 1.165) is 0 Å². The first-order valence-corrected chi connectivity index (χ1v) is 2.32. The molecule has 0 N–H and O–H groups in total. The van der Waals surface area contributed by atoms with Gasteiger partial charge in [0.05, 0.1) is 0 Å². The van der Waals surface area contributed by atoms with Gasteiger partial charge in [-0.05, 0) is 13.0 Å². The maximum absolute atomic E-state index is 2.96. The van der Waals surface area contributed by atoms with Gasteiger partial charge in [-0.3, -0.25) is 0 Å². The van der Waals surface area contributed by atoms with Crippen molar-refractivity contribution >= 4 is 29.6 Å². The minimum atomic E-state index is 0. The Hall–Kier alpha value is 0.220. The molecule has 0 atom stereocenters. The second-order valence-corrected chi connectivity index (χ2v) is 1.58. The van der Waals surface area contributed by atoms with Gasteiger partial charge in [0, 0.05) is 0 Å². The Bertz CT molecular complexity index is 134. The van der Waals surface area contributed by atoms with Gasteiger partial charge in [0.1, 0.15) is 0 Å². The fourth-order valence-electron chi connectivity index (χ4n) is 0.483. The van der Waals surface area contributed by atoms with Crippen molar-refractivity contribution in [3.8, 4) is 0 Å². The third-order valence-electron chi connectivity index (χ3n) is 0.863. The molecule has 37 valence electrons. The molecular formula is C7H8Na. The van der Waals surface area contributed by atoms with Gasteiger partial charge >= 0.3 is 29.6 Å². The zero-order chi connectivity index (χ0) is 5.11. The van der Waals surface area contributed by atoms with E-state index in [2.05, 4.69) is 19.1 Å². The Morgan fingerprint density at radius 1 is 1.50 bits per heavy atom. The summed E-state index contributed by atoms with van der Waals surface area (Å²) in [7, 11) is 0. The summed E-state index contributed by atoms with van der Waals surface area (Å²) in [5.41, 5.74) is 1.27. The van der Waals surface area contributed by atoms with Gasteiger partial charge < -0.3 is 0 Å². The minimum absolute atomic E-state index is 0. The number of aryl methyl sites for hydroxylation is 1. The van der Waals surface area contributed by atoms with Gasteiger partial charge in [0.25, 0.3) is 0 Å². The van der Waals surface area contributed by atoms with Crippen molar-refractivity contribution < 1.29 is 0 Å². The monoisotopic (exact) mass is 115 g/mol. The quantitative estimate of drug-likeness (QED) is 0.445. The van der Waals surface area contributed by atoms with Crippen LogP contribution in [0.15, 0.2) is 24.3 Å². The molecule has 1 aromatic carbocycles. The third-order valence-corrected chi connectivity index (χ3v) is 0.863. The summed E-state index contributed by atoms with van der Waals surface area (Å²) < 4.78 is 0. The van der Waals surface area contributed by atoms with Crippen LogP contribution in [-0.4, -0.2) is 29.6 Å². The number of hydrogen-bond donors (Lipinski definition) is 0. The summed E-state index contributed by atoms with van der Waals surface area (Å²) in [6.07, 6.45) is 0. The van der Waals surface area contributed by atoms with Gasteiger partial charge in [0.15, 0.2) is 0 Å². The van der Waals surface area contributed by atoms with Gasteiger partial charge in [-0.15, -0.1) is 0 Å². The maximum atomic E-state index is 2.96. The van der Waals surface area contributed by atoms with Crippen LogP contribution in [0.2, 0.25) is 0 Å². The summed E-state index contributed by atoms with van der Waals surface area (Å²) in [6.45, 7) is 2.05. The average molecular weight is 115 g/mol. The zero-order valence-corrected chi connectivity index (χ0v) is 4.31. The van der Waals surface area contributed by atoms with Gasteiger partial charge in [0.2, 0.25) is 0 Å². The number of rotatable bonds is 0. The molecule has 0 nitrogen and oxygen atoms in total. The van der Waals surface area contributed by atoms with Crippen LogP contribution in [0.1, 0.15) is 5.56 Å². The van der Waals surface area contributed by atoms with E-state index < -0.39 is 0 Å². The molecule has 0 aliphatic rings. The van der Waals surface area contributed by atoms with Crippen molar-refractivity contribution in [1.29, 1.82) is 0 Å². The zero-order valence-electron chi connectivity index (χ0n) is 4.31. The molecule has 0 aliphatic heterocycles. The molecule has 1 radical (unpaired) electrons. The molecule has 0 amide bonds. The molecular weight excluding hydrogens is 107 g/mol. The molecule has 1 rings (SSSR count). The Kier molecular flexibility index (Phi) is 4.25. The van der Waals surface area contributed by atoms with Crippen molar-refractivity contribution in [3.05, 3.63) is 35.9 Å². The van der Waals surface area contributed by atoms with Crippen LogP contribution in [0.25, 0.3) is 0 Å². The fourth-order valence-corrected chi connectivity index (χ4v) is 0.483. The molecule has 0 spiro atoms. The van der Waals surface area contributed by atoms with E-state index in [-0.39, 0.29) is 29.6 Å². The first kappa shape index (κ1) is 8.22. The normalized spacial score (nSPS) is 7.62. The molecule has 0 fully saturated rings. The summed E-state index contributed by atoms with van der Waals surface area (Å²) in [5, 5.41) is 0. The van der Waals surface area contributed by atoms with E-state index >= 15 is 0 Å². The van der Waals surface area contributed by atoms with Crippen molar-refractivity contribution in [2.45, 2.75) is 6.92 Å². The van der Waals surface area contributed by atoms with Crippen molar-refractivity contribution in [2.75, 3.05) is 0 Å². The van der Waals surface area contributed by atoms with Crippen LogP contribution in [-0.2, 0) is 0 Å². The van der Waals surface area contributed by atoms with Crippen molar-refractivity contribution in [3.63, 3.8) is 0 Å². The van der Waals surface area contributed by atoms with Gasteiger partial charge in [-0.1, -0.05) is 29.8 Å². The van der Waals surface area contributed by atoms with Crippen LogP contribution in [0, 0.1) is 13.0 Å². The summed E-state index contributed by atoms with van der Waals surface area (Å²) >= 11 is 0. The SMILES string of the molecule is Cc1c[c]ccc1.[NaH]. The third kappa shape index (κ3) is 2.51. The summed E-state index contributed by atoms with van der Waals surface area (Å²) in [6, 6.07) is 10.8. The topological polar surface area (TPSA) is 0 Å². The van der Waals surface area contributed by atoms with Crippen LogP contribution >= 0.6 is 0 Å². The molecule has 0 aromatic heterocycles. The molecule has 0 bridgehead atoms. The average Bonchev–Trinajstić information content (AvgIpc) is 1.69. The second-order valence-electron chi connectivity index (χ2n) is 1.58. The van der Waals surface area contributed by atoms with Crippen molar-refractivity contribution in [1.82, 2.24) is 0 Å². The van der Waals surface area contributed by atoms with Crippen LogP contribution in [0.5, 0.6) is 0 Å². The molecule has 0 unspecified atom stereocenters. The standard InChI is InChI=1S/C7H7.Na.H/c1-7-5-3-2-4-6-7;;/h2-3,5-6H,1H3;;. The van der Waals surface area contributed by atoms with E-state index in [1.165, 1.54) is 5.56 Å². The van der Waals surface area contributed by atoms with Crippen LogP contribution in [0.4, 0.5) is 0 Å². The first-order chi connectivity index (χ1) is 3.39. The van der Waals surface area contributed by atoms with Crippen LogP contribution < -0.4 is 0 Å². The molecule has 0 saturated carbocycles. The van der Waals surface area contributed by atoms with Crippen LogP contribution in [0.3, 0.4) is 0 Å². The number of hydrogen-bond acceptors (Lipinski definition) is 0. The van der Waals surface area contributed by atoms with E-state index in [1.807, 2.05) is 18.2 Å². The molecule has 0 saturated heterocycles. The van der Waals surface area contributed by atoms with E-state index in [0.29, 0.717) is 0 Å². The Morgan fingerprint density at radius 3 is 2.50 bits per heavy atom. The predicted octanol–water partition coefficient (Wildman–Crippen LogP) is 1.15. The predicted molar refractivity (Wildman–Crippen MR) is 37.2 cm³/mol. The molecule has 1 heteroatoms. The van der Waals surface area contributed by atoms with E-state index in [9.17, 15) is 0 Å². The summed E-state index contributed by atoms with van der Waals surface area (Å²) in [5.74, 6) is 0. The molecule has 0 aliphatic carbocycles. The Balaban J connectivity index is 0.000000490. The Labute approximate surface area is 72.2 Å². The van der Waals surface area contributed by atoms with Gasteiger partial charge in [-0.25, -0.2) is 0 Å². The van der Waals surface area contributed by atoms with E-state index in [1.54, 1.807) is 0 Å². The summed E-state index contributed by atoms with van der Waals surface area (Å²) in [4.78, 5) is 0. The fraction of sp³-hybridized carbons (Fsp3) is 0.143. The molecule has 1 aromatic rings. The van der Waals surface area contributed by atoms with E-state index in [4.69, 9.17) is 0 Å².